The Hall–Kier alpha value is -2.31. The average molecular weight is 292 g/mol. The molecule has 0 aromatic carbocycles. The molecule has 0 spiro atoms. The molecule has 2 rings (SSSR count). The lowest BCUT2D eigenvalue weighted by atomic mass is 10.2. The Morgan fingerprint density at radius 2 is 2.33 bits per heavy atom. The number of anilines is 2. The maximum absolute atomic E-state index is 11.9. The van der Waals surface area contributed by atoms with Gasteiger partial charge in [0.2, 0.25) is 5.91 Å². The maximum Gasteiger partial charge on any atom is 0.340 e. The molecule has 0 bridgehead atoms. The molecule has 7 nitrogen and oxygen atoms in total. The minimum atomic E-state index is -0.477. The fourth-order valence-electron chi connectivity index (χ4n) is 2.54. The summed E-state index contributed by atoms with van der Waals surface area (Å²) in [6.07, 6.45) is 3.13. The van der Waals surface area contributed by atoms with Crippen molar-refractivity contribution in [3.8, 4) is 0 Å². The third-order valence-electron chi connectivity index (χ3n) is 3.54. The number of nitrogens with two attached hydrogens (primary N) is 1. The van der Waals surface area contributed by atoms with E-state index in [1.165, 1.54) is 12.3 Å². The van der Waals surface area contributed by atoms with Crippen molar-refractivity contribution in [1.82, 2.24) is 10.3 Å². The van der Waals surface area contributed by atoms with Crippen LogP contribution in [0.15, 0.2) is 12.3 Å². The average Bonchev–Trinajstić information content (AvgIpc) is 2.96. The predicted octanol–water partition coefficient (Wildman–Crippen LogP) is 0.555. The number of nitrogens with zero attached hydrogens (tertiary/aromatic N) is 2. The van der Waals surface area contributed by atoms with Crippen molar-refractivity contribution >= 4 is 23.4 Å². The number of likely N-dealkylation sites (N-methyl/N-ethyl adjacent to an activating group) is 1. The summed E-state index contributed by atoms with van der Waals surface area (Å²) in [5.74, 6) is -0.0868. The van der Waals surface area contributed by atoms with E-state index >= 15 is 0 Å². The van der Waals surface area contributed by atoms with E-state index < -0.39 is 5.97 Å². The normalized spacial score (nSPS) is 17.6. The first-order valence-corrected chi connectivity index (χ1v) is 7.00. The van der Waals surface area contributed by atoms with Crippen molar-refractivity contribution < 1.29 is 14.3 Å². The van der Waals surface area contributed by atoms with E-state index in [1.54, 1.807) is 14.0 Å². The lowest BCUT2D eigenvalue weighted by Crippen LogP contribution is -2.42. The van der Waals surface area contributed by atoms with Crippen molar-refractivity contribution in [2.24, 2.45) is 0 Å². The van der Waals surface area contributed by atoms with Crippen LogP contribution >= 0.6 is 0 Å². The van der Waals surface area contributed by atoms with Crippen LogP contribution in [0.2, 0.25) is 0 Å². The largest absolute Gasteiger partial charge is 0.462 e. The summed E-state index contributed by atoms with van der Waals surface area (Å²) in [5, 5.41) is 2.64. The van der Waals surface area contributed by atoms with Gasteiger partial charge in [-0.2, -0.15) is 0 Å². The molecular weight excluding hydrogens is 272 g/mol. The molecule has 1 saturated heterocycles. The molecule has 1 aromatic heterocycles. The van der Waals surface area contributed by atoms with Crippen LogP contribution in [0.1, 0.15) is 30.1 Å². The van der Waals surface area contributed by atoms with Gasteiger partial charge in [-0.1, -0.05) is 0 Å². The smallest absolute Gasteiger partial charge is 0.340 e. The molecule has 2 heterocycles. The Balaban J connectivity index is 2.34. The summed E-state index contributed by atoms with van der Waals surface area (Å²) < 4.78 is 4.98. The van der Waals surface area contributed by atoms with E-state index in [-0.39, 0.29) is 29.8 Å². The molecule has 21 heavy (non-hydrogen) atoms. The topological polar surface area (TPSA) is 97.5 Å². The number of amides is 1. The van der Waals surface area contributed by atoms with E-state index in [1.807, 2.05) is 4.90 Å². The fraction of sp³-hybridized carbons (Fsp3) is 0.500. The van der Waals surface area contributed by atoms with Crippen molar-refractivity contribution in [1.29, 1.82) is 0 Å². The summed E-state index contributed by atoms with van der Waals surface area (Å²) in [6, 6.07) is 1.23. The lowest BCUT2D eigenvalue weighted by molar-refractivity contribution is -0.121. The minimum Gasteiger partial charge on any atom is -0.462 e. The molecule has 0 radical (unpaired) electrons. The van der Waals surface area contributed by atoms with Gasteiger partial charge in [-0.25, -0.2) is 9.78 Å². The van der Waals surface area contributed by atoms with Crippen LogP contribution in [0, 0.1) is 0 Å². The first kappa shape index (κ1) is 15.1. The van der Waals surface area contributed by atoms with E-state index in [0.29, 0.717) is 12.4 Å². The van der Waals surface area contributed by atoms with E-state index in [4.69, 9.17) is 10.5 Å². The van der Waals surface area contributed by atoms with Crippen LogP contribution in [0.4, 0.5) is 11.5 Å². The van der Waals surface area contributed by atoms with Crippen molar-refractivity contribution in [2.45, 2.75) is 25.8 Å². The second-order valence-corrected chi connectivity index (χ2v) is 4.78. The zero-order valence-corrected chi connectivity index (χ0v) is 12.3. The number of ether oxygens (including phenoxy) is 1. The summed E-state index contributed by atoms with van der Waals surface area (Å²) in [5.41, 5.74) is 6.60. The van der Waals surface area contributed by atoms with Gasteiger partial charge in [-0.05, 0) is 25.8 Å². The minimum absolute atomic E-state index is 0.0739. The predicted molar refractivity (Wildman–Crippen MR) is 79.0 cm³/mol. The van der Waals surface area contributed by atoms with Gasteiger partial charge in [0.05, 0.1) is 17.9 Å². The standard InChI is InChI=1S/C14H20N4O3/c1-3-21-14(20)9-6-7-17-12(11(9)15)18-8-4-5-10(18)13(19)16-2/h6-7,10H,3-5,8,15H2,1-2H3,(H,16,19). The number of hydrogen-bond acceptors (Lipinski definition) is 6. The monoisotopic (exact) mass is 292 g/mol. The number of nitrogen functional groups attached to an aromatic ring is 1. The summed E-state index contributed by atoms with van der Waals surface area (Å²) in [4.78, 5) is 29.9. The van der Waals surface area contributed by atoms with Gasteiger partial charge < -0.3 is 20.7 Å². The van der Waals surface area contributed by atoms with Crippen molar-refractivity contribution in [3.05, 3.63) is 17.8 Å². The zero-order chi connectivity index (χ0) is 15.4. The molecule has 0 aliphatic carbocycles. The lowest BCUT2D eigenvalue weighted by Gasteiger charge is -2.26. The molecule has 1 aliphatic rings. The number of pyridine rings is 1. The highest BCUT2D eigenvalue weighted by molar-refractivity contribution is 5.98. The highest BCUT2D eigenvalue weighted by Gasteiger charge is 2.33. The van der Waals surface area contributed by atoms with Gasteiger partial charge in [0.25, 0.3) is 0 Å². The molecule has 1 aromatic rings. The second kappa shape index (κ2) is 6.43. The number of hydrogen-bond donors (Lipinski definition) is 2. The molecule has 1 fully saturated rings. The number of rotatable bonds is 4. The maximum atomic E-state index is 11.9. The third-order valence-corrected chi connectivity index (χ3v) is 3.54. The first-order valence-electron chi connectivity index (χ1n) is 7.00. The molecule has 114 valence electrons. The highest BCUT2D eigenvalue weighted by Crippen LogP contribution is 2.30. The molecule has 1 atom stereocenters. The van der Waals surface area contributed by atoms with Crippen LogP contribution in [0.5, 0.6) is 0 Å². The zero-order valence-electron chi connectivity index (χ0n) is 12.3. The summed E-state index contributed by atoms with van der Waals surface area (Å²) in [7, 11) is 1.60. The third kappa shape index (κ3) is 2.91. The van der Waals surface area contributed by atoms with Crippen LogP contribution in [0.25, 0.3) is 0 Å². The van der Waals surface area contributed by atoms with Gasteiger partial charge in [0.1, 0.15) is 6.04 Å². The molecular formula is C14H20N4O3. The van der Waals surface area contributed by atoms with Gasteiger partial charge in [0, 0.05) is 19.8 Å². The van der Waals surface area contributed by atoms with Gasteiger partial charge >= 0.3 is 5.97 Å². The van der Waals surface area contributed by atoms with Crippen LogP contribution in [-0.4, -0.2) is 43.1 Å². The number of carbonyl (C=O) groups excluding carboxylic acids is 2. The number of carbonyl (C=O) groups is 2. The van der Waals surface area contributed by atoms with Crippen LogP contribution in [-0.2, 0) is 9.53 Å². The summed E-state index contributed by atoms with van der Waals surface area (Å²) >= 11 is 0. The summed E-state index contributed by atoms with van der Waals surface area (Å²) in [6.45, 7) is 2.69. The SMILES string of the molecule is CCOC(=O)c1ccnc(N2CCCC2C(=O)NC)c1N. The van der Waals surface area contributed by atoms with Gasteiger partial charge in [0.15, 0.2) is 5.82 Å². The Kier molecular flexibility index (Phi) is 4.62. The van der Waals surface area contributed by atoms with E-state index in [0.717, 1.165) is 12.8 Å². The molecule has 1 amide bonds. The Bertz CT molecular complexity index is 547. The van der Waals surface area contributed by atoms with Crippen LogP contribution < -0.4 is 16.0 Å². The first-order chi connectivity index (χ1) is 10.1. The number of esters is 1. The van der Waals surface area contributed by atoms with Gasteiger partial charge in [-0.3, -0.25) is 4.79 Å². The fourth-order valence-corrected chi connectivity index (χ4v) is 2.54. The number of aromatic nitrogens is 1. The Labute approximate surface area is 123 Å². The van der Waals surface area contributed by atoms with E-state index in [9.17, 15) is 9.59 Å². The highest BCUT2D eigenvalue weighted by atomic mass is 16.5. The molecule has 1 aliphatic heterocycles. The number of nitrogens with one attached hydrogen (secondary N) is 1. The second-order valence-electron chi connectivity index (χ2n) is 4.78. The molecule has 3 N–H and O–H groups in total. The van der Waals surface area contributed by atoms with Crippen molar-refractivity contribution in [3.63, 3.8) is 0 Å². The quantitative estimate of drug-likeness (QED) is 0.787. The Morgan fingerprint density at radius 1 is 1.57 bits per heavy atom. The molecule has 7 heteroatoms. The van der Waals surface area contributed by atoms with Crippen molar-refractivity contribution in [2.75, 3.05) is 30.8 Å². The molecule has 0 saturated carbocycles. The molecule has 1 unspecified atom stereocenters. The van der Waals surface area contributed by atoms with Gasteiger partial charge in [-0.15, -0.1) is 0 Å². The van der Waals surface area contributed by atoms with Crippen LogP contribution in [0.3, 0.4) is 0 Å². The van der Waals surface area contributed by atoms with E-state index in [2.05, 4.69) is 10.3 Å². The Morgan fingerprint density at radius 3 is 3.00 bits per heavy atom.